The normalized spacial score (nSPS) is 11.3. The summed E-state index contributed by atoms with van der Waals surface area (Å²) in [6, 6.07) is 2.71. The molecule has 0 unspecified atom stereocenters. The Balaban J connectivity index is 2.65. The van der Waals surface area contributed by atoms with Crippen molar-refractivity contribution in [2.45, 2.75) is 26.7 Å². The summed E-state index contributed by atoms with van der Waals surface area (Å²) in [5, 5.41) is 9.64. The van der Waals surface area contributed by atoms with Gasteiger partial charge in [-0.05, 0) is 24.3 Å². The van der Waals surface area contributed by atoms with Crippen LogP contribution in [0.2, 0.25) is 0 Å². The molecule has 0 aromatic carbocycles. The van der Waals surface area contributed by atoms with Gasteiger partial charge in [-0.1, -0.05) is 29.8 Å². The van der Waals surface area contributed by atoms with Gasteiger partial charge in [0.05, 0.1) is 0 Å². The van der Waals surface area contributed by atoms with E-state index in [2.05, 4.69) is 45.3 Å². The topological polar surface area (TPSA) is 74.8 Å². The molecular formula is C12H18BrN3O2. The standard InChI is InChI=1S/C12H18BrN3O2/c1-3-12(4-2,7-13)8-14-11(18)9-5-6-10(17)16-15-9/h5-6H,3-4,7-8H2,1-2H3,(H,14,18)(H,16,17). The number of halogens is 1. The SMILES string of the molecule is CCC(CC)(CBr)CNC(=O)c1ccc(=O)[nH]n1. The Hall–Kier alpha value is -1.17. The van der Waals surface area contributed by atoms with Crippen molar-refractivity contribution < 1.29 is 4.79 Å². The van der Waals surface area contributed by atoms with Crippen LogP contribution in [0.25, 0.3) is 0 Å². The van der Waals surface area contributed by atoms with Gasteiger partial charge in [0.2, 0.25) is 0 Å². The van der Waals surface area contributed by atoms with Crippen molar-refractivity contribution in [2.75, 3.05) is 11.9 Å². The summed E-state index contributed by atoms with van der Waals surface area (Å²) in [6.45, 7) is 4.80. The second kappa shape index (κ2) is 6.68. The smallest absolute Gasteiger partial charge is 0.271 e. The third-order valence-electron chi connectivity index (χ3n) is 3.32. The molecule has 0 spiro atoms. The predicted molar refractivity (Wildman–Crippen MR) is 74.0 cm³/mol. The molecule has 0 radical (unpaired) electrons. The first-order chi connectivity index (χ1) is 8.56. The van der Waals surface area contributed by atoms with Crippen LogP contribution >= 0.6 is 15.9 Å². The van der Waals surface area contributed by atoms with E-state index in [1.165, 1.54) is 12.1 Å². The van der Waals surface area contributed by atoms with Gasteiger partial charge in [-0.3, -0.25) is 9.59 Å². The van der Waals surface area contributed by atoms with Crippen molar-refractivity contribution in [3.05, 3.63) is 28.2 Å². The highest BCUT2D eigenvalue weighted by Gasteiger charge is 2.25. The summed E-state index contributed by atoms with van der Waals surface area (Å²) in [5.74, 6) is -0.265. The molecule has 0 saturated heterocycles. The van der Waals surface area contributed by atoms with Crippen molar-refractivity contribution in [1.29, 1.82) is 0 Å². The van der Waals surface area contributed by atoms with Crippen molar-refractivity contribution in [3.8, 4) is 0 Å². The zero-order valence-electron chi connectivity index (χ0n) is 10.6. The van der Waals surface area contributed by atoms with E-state index in [9.17, 15) is 9.59 Å². The van der Waals surface area contributed by atoms with E-state index in [0.717, 1.165) is 18.2 Å². The molecule has 100 valence electrons. The number of hydrogen-bond donors (Lipinski definition) is 2. The minimum Gasteiger partial charge on any atom is -0.350 e. The molecule has 2 N–H and O–H groups in total. The van der Waals surface area contributed by atoms with Crippen LogP contribution in [0.4, 0.5) is 0 Å². The minimum atomic E-state index is -0.316. The summed E-state index contributed by atoms with van der Waals surface area (Å²) in [5.41, 5.74) is -0.0218. The maximum absolute atomic E-state index is 11.8. The van der Waals surface area contributed by atoms with Crippen molar-refractivity contribution >= 4 is 21.8 Å². The average Bonchev–Trinajstić information content (AvgIpc) is 2.41. The fourth-order valence-electron chi connectivity index (χ4n) is 1.57. The number of H-pyrrole nitrogens is 1. The summed E-state index contributed by atoms with van der Waals surface area (Å²) < 4.78 is 0. The van der Waals surface area contributed by atoms with Crippen molar-refractivity contribution in [3.63, 3.8) is 0 Å². The first-order valence-corrected chi connectivity index (χ1v) is 7.09. The molecule has 0 fully saturated rings. The van der Waals surface area contributed by atoms with Crippen molar-refractivity contribution in [1.82, 2.24) is 15.5 Å². The zero-order valence-corrected chi connectivity index (χ0v) is 12.2. The van der Waals surface area contributed by atoms with Gasteiger partial charge in [-0.25, -0.2) is 5.10 Å². The Morgan fingerprint density at radius 2 is 2.11 bits per heavy atom. The molecule has 0 saturated carbocycles. The van der Waals surface area contributed by atoms with Gasteiger partial charge in [-0.15, -0.1) is 0 Å². The highest BCUT2D eigenvalue weighted by molar-refractivity contribution is 9.09. The highest BCUT2D eigenvalue weighted by atomic mass is 79.9. The molecular weight excluding hydrogens is 298 g/mol. The summed E-state index contributed by atoms with van der Waals surface area (Å²) >= 11 is 3.49. The molecule has 0 aliphatic heterocycles. The summed E-state index contributed by atoms with van der Waals surface area (Å²) in [6.07, 6.45) is 1.96. The molecule has 1 heterocycles. The molecule has 1 aromatic heterocycles. The maximum atomic E-state index is 11.8. The molecule has 5 nitrogen and oxygen atoms in total. The van der Waals surface area contributed by atoms with Crippen LogP contribution in [0.5, 0.6) is 0 Å². The van der Waals surface area contributed by atoms with Gasteiger partial charge in [0.25, 0.3) is 11.5 Å². The van der Waals surface area contributed by atoms with Crippen LogP contribution in [0.1, 0.15) is 37.2 Å². The first-order valence-electron chi connectivity index (χ1n) is 5.97. The number of nitrogens with one attached hydrogen (secondary N) is 2. The number of nitrogens with zero attached hydrogens (tertiary/aromatic N) is 1. The van der Waals surface area contributed by atoms with E-state index < -0.39 is 0 Å². The first kappa shape index (κ1) is 14.9. The Bertz CT molecular complexity index is 426. The van der Waals surface area contributed by atoms with Gasteiger partial charge in [0.15, 0.2) is 0 Å². The Morgan fingerprint density at radius 3 is 2.56 bits per heavy atom. The van der Waals surface area contributed by atoms with Crippen LogP contribution in [-0.2, 0) is 0 Å². The fourth-order valence-corrected chi connectivity index (χ4v) is 2.56. The molecule has 0 aliphatic rings. The number of rotatable bonds is 6. The van der Waals surface area contributed by atoms with Crippen LogP contribution in [0.3, 0.4) is 0 Å². The zero-order chi connectivity index (χ0) is 13.6. The fraction of sp³-hybridized carbons (Fsp3) is 0.583. The van der Waals surface area contributed by atoms with Gasteiger partial charge in [-0.2, -0.15) is 5.10 Å². The average molecular weight is 316 g/mol. The van der Waals surface area contributed by atoms with Gasteiger partial charge in [0.1, 0.15) is 5.69 Å². The van der Waals surface area contributed by atoms with E-state index >= 15 is 0 Å². The molecule has 18 heavy (non-hydrogen) atoms. The lowest BCUT2D eigenvalue weighted by atomic mass is 9.84. The summed E-state index contributed by atoms with van der Waals surface area (Å²) in [4.78, 5) is 22.7. The number of carbonyl (C=O) groups excluding carboxylic acids is 1. The lowest BCUT2D eigenvalue weighted by molar-refractivity contribution is 0.0926. The van der Waals surface area contributed by atoms with E-state index in [1.807, 2.05) is 0 Å². The lowest BCUT2D eigenvalue weighted by Crippen LogP contribution is -2.38. The Kier molecular flexibility index (Phi) is 5.53. The van der Waals surface area contributed by atoms with E-state index in [0.29, 0.717) is 6.54 Å². The maximum Gasteiger partial charge on any atom is 0.271 e. The minimum absolute atomic E-state index is 0.0673. The molecule has 0 aliphatic carbocycles. The largest absolute Gasteiger partial charge is 0.350 e. The van der Waals surface area contributed by atoms with Gasteiger partial charge >= 0.3 is 0 Å². The number of hydrogen-bond acceptors (Lipinski definition) is 3. The Morgan fingerprint density at radius 1 is 1.44 bits per heavy atom. The number of amides is 1. The molecule has 1 aromatic rings. The van der Waals surface area contributed by atoms with E-state index in [4.69, 9.17) is 0 Å². The van der Waals surface area contributed by atoms with E-state index in [1.54, 1.807) is 0 Å². The third kappa shape index (κ3) is 3.66. The van der Waals surface area contributed by atoms with Crippen LogP contribution in [0, 0.1) is 5.41 Å². The lowest BCUT2D eigenvalue weighted by Gasteiger charge is -2.29. The monoisotopic (exact) mass is 315 g/mol. The number of aromatic amines is 1. The summed E-state index contributed by atoms with van der Waals surface area (Å²) in [7, 11) is 0. The second-order valence-corrected chi connectivity index (χ2v) is 4.89. The number of aromatic nitrogens is 2. The molecule has 6 heteroatoms. The van der Waals surface area contributed by atoms with Crippen LogP contribution in [0.15, 0.2) is 16.9 Å². The second-order valence-electron chi connectivity index (χ2n) is 4.33. The van der Waals surface area contributed by atoms with Crippen molar-refractivity contribution in [2.24, 2.45) is 5.41 Å². The van der Waals surface area contributed by atoms with Gasteiger partial charge in [0, 0.05) is 17.9 Å². The quantitative estimate of drug-likeness (QED) is 0.785. The van der Waals surface area contributed by atoms with Crippen LogP contribution in [-0.4, -0.2) is 28.0 Å². The van der Waals surface area contributed by atoms with Crippen LogP contribution < -0.4 is 10.9 Å². The number of alkyl halides is 1. The molecule has 1 amide bonds. The highest BCUT2D eigenvalue weighted by Crippen LogP contribution is 2.27. The molecule has 0 bridgehead atoms. The number of carbonyl (C=O) groups is 1. The van der Waals surface area contributed by atoms with Gasteiger partial charge < -0.3 is 5.32 Å². The molecule has 0 atom stereocenters. The molecule has 1 rings (SSSR count). The Labute approximate surface area is 114 Å². The third-order valence-corrected chi connectivity index (χ3v) is 4.51. The van der Waals surface area contributed by atoms with E-state index in [-0.39, 0.29) is 22.6 Å². The predicted octanol–water partition coefficient (Wildman–Crippen LogP) is 1.70.